The first-order valence-electron chi connectivity index (χ1n) is 7.37. The Bertz CT molecular complexity index is 666. The Hall–Kier alpha value is -1.74. The van der Waals surface area contributed by atoms with Gasteiger partial charge in [-0.3, -0.25) is 0 Å². The van der Waals surface area contributed by atoms with E-state index in [1.165, 1.54) is 11.1 Å². The normalized spacial score (nSPS) is 19.1. The molecule has 2 aromatic rings. The summed E-state index contributed by atoms with van der Waals surface area (Å²) >= 11 is 0. The smallest absolute Gasteiger partial charge is 0.130 e. The molecule has 1 nitrogen and oxygen atoms in total. The highest BCUT2D eigenvalue weighted by Gasteiger charge is 2.28. The van der Waals surface area contributed by atoms with Crippen molar-refractivity contribution in [1.82, 2.24) is 0 Å². The molecule has 0 saturated heterocycles. The van der Waals surface area contributed by atoms with E-state index in [-0.39, 0.29) is 5.92 Å². The monoisotopic (exact) mass is 287 g/mol. The van der Waals surface area contributed by atoms with Gasteiger partial charge in [-0.2, -0.15) is 0 Å². The molecule has 2 aromatic carbocycles. The van der Waals surface area contributed by atoms with Crippen molar-refractivity contribution >= 4 is 0 Å². The van der Waals surface area contributed by atoms with Crippen LogP contribution >= 0.6 is 0 Å². The summed E-state index contributed by atoms with van der Waals surface area (Å²) in [6, 6.07) is 10.3. The molecule has 0 saturated carbocycles. The molecule has 0 radical (unpaired) electrons. The van der Waals surface area contributed by atoms with Crippen molar-refractivity contribution in [2.75, 3.05) is 0 Å². The second-order valence-electron chi connectivity index (χ2n) is 5.85. The van der Waals surface area contributed by atoms with Crippen molar-refractivity contribution in [2.24, 2.45) is 5.73 Å². The molecule has 1 aliphatic rings. The lowest BCUT2D eigenvalue weighted by Crippen LogP contribution is -2.24. The first-order chi connectivity index (χ1) is 10.1. The van der Waals surface area contributed by atoms with E-state index in [4.69, 9.17) is 5.73 Å². The minimum Gasteiger partial charge on any atom is -0.323 e. The predicted octanol–water partition coefficient (Wildman–Crippen LogP) is 4.39. The molecule has 0 aromatic heterocycles. The quantitative estimate of drug-likeness (QED) is 0.870. The van der Waals surface area contributed by atoms with Crippen LogP contribution in [0, 0.1) is 18.6 Å². The summed E-state index contributed by atoms with van der Waals surface area (Å²) in [5.41, 5.74) is 9.69. The third-order valence-corrected chi connectivity index (χ3v) is 4.49. The Morgan fingerprint density at radius 1 is 1.14 bits per heavy atom. The van der Waals surface area contributed by atoms with Gasteiger partial charge in [0.05, 0.1) is 0 Å². The van der Waals surface area contributed by atoms with Gasteiger partial charge in [0, 0.05) is 23.6 Å². The summed E-state index contributed by atoms with van der Waals surface area (Å²) in [5.74, 6) is -0.976. The van der Waals surface area contributed by atoms with Crippen molar-refractivity contribution < 1.29 is 8.78 Å². The van der Waals surface area contributed by atoms with E-state index < -0.39 is 17.7 Å². The van der Waals surface area contributed by atoms with Crippen LogP contribution in [0.15, 0.2) is 36.4 Å². The van der Waals surface area contributed by atoms with Crippen molar-refractivity contribution in [3.8, 4) is 0 Å². The Kier molecular flexibility index (Phi) is 3.77. The third kappa shape index (κ3) is 2.58. The summed E-state index contributed by atoms with van der Waals surface area (Å²) in [6.45, 7) is 1.64. The van der Waals surface area contributed by atoms with Crippen molar-refractivity contribution in [2.45, 2.75) is 38.1 Å². The minimum absolute atomic E-state index is 0.0920. The van der Waals surface area contributed by atoms with Gasteiger partial charge in [-0.05, 0) is 48.9 Å². The van der Waals surface area contributed by atoms with Crippen LogP contribution in [0.1, 0.15) is 47.1 Å². The van der Waals surface area contributed by atoms with E-state index in [0.29, 0.717) is 11.1 Å². The highest BCUT2D eigenvalue weighted by Crippen LogP contribution is 2.39. The van der Waals surface area contributed by atoms with Gasteiger partial charge in [-0.25, -0.2) is 8.78 Å². The second kappa shape index (κ2) is 5.57. The lowest BCUT2D eigenvalue weighted by atomic mass is 9.77. The van der Waals surface area contributed by atoms with Crippen molar-refractivity contribution in [3.05, 3.63) is 70.3 Å². The number of rotatable bonds is 2. The number of hydrogen-bond donors (Lipinski definition) is 1. The molecule has 0 spiro atoms. The molecule has 3 heteroatoms. The molecule has 0 aliphatic heterocycles. The Balaban J connectivity index is 2.00. The van der Waals surface area contributed by atoms with E-state index >= 15 is 0 Å². The maximum Gasteiger partial charge on any atom is 0.130 e. The van der Waals surface area contributed by atoms with Crippen LogP contribution in [0.3, 0.4) is 0 Å². The molecule has 0 amide bonds. The maximum absolute atomic E-state index is 14.1. The first-order valence-corrected chi connectivity index (χ1v) is 7.37. The van der Waals surface area contributed by atoms with E-state index in [0.717, 1.165) is 25.3 Å². The molecular formula is C18H19F2N. The fourth-order valence-electron chi connectivity index (χ4n) is 3.32. The predicted molar refractivity (Wildman–Crippen MR) is 80.1 cm³/mol. The van der Waals surface area contributed by atoms with Crippen LogP contribution in [-0.4, -0.2) is 0 Å². The van der Waals surface area contributed by atoms with Crippen molar-refractivity contribution in [3.63, 3.8) is 0 Å². The summed E-state index contributed by atoms with van der Waals surface area (Å²) in [7, 11) is 0. The van der Waals surface area contributed by atoms with Gasteiger partial charge in [-0.15, -0.1) is 0 Å². The molecule has 2 atom stereocenters. The molecule has 2 N–H and O–H groups in total. The summed E-state index contributed by atoms with van der Waals surface area (Å²) < 4.78 is 27.5. The summed E-state index contributed by atoms with van der Waals surface area (Å²) in [5, 5.41) is 0. The zero-order chi connectivity index (χ0) is 15.0. The van der Waals surface area contributed by atoms with Gasteiger partial charge in [-0.1, -0.05) is 24.3 Å². The fraction of sp³-hybridized carbons (Fsp3) is 0.333. The van der Waals surface area contributed by atoms with Gasteiger partial charge >= 0.3 is 0 Å². The Morgan fingerprint density at radius 3 is 2.71 bits per heavy atom. The third-order valence-electron chi connectivity index (χ3n) is 4.49. The van der Waals surface area contributed by atoms with E-state index in [1.807, 2.05) is 12.1 Å². The zero-order valence-electron chi connectivity index (χ0n) is 12.1. The number of fused-ring (bicyclic) bond motifs is 1. The van der Waals surface area contributed by atoms with Gasteiger partial charge in [0.1, 0.15) is 11.6 Å². The number of aryl methyl sites for hydroxylation is 2. The van der Waals surface area contributed by atoms with Crippen LogP contribution in [0.2, 0.25) is 0 Å². The largest absolute Gasteiger partial charge is 0.323 e. The highest BCUT2D eigenvalue weighted by atomic mass is 19.1. The highest BCUT2D eigenvalue weighted by molar-refractivity contribution is 5.37. The SMILES string of the molecule is Cc1cc(C(N)C2CCCc3ccccc32)c(F)cc1F. The molecule has 110 valence electrons. The molecule has 21 heavy (non-hydrogen) atoms. The van der Waals surface area contributed by atoms with Crippen LogP contribution in [-0.2, 0) is 6.42 Å². The van der Waals surface area contributed by atoms with Crippen LogP contribution in [0.25, 0.3) is 0 Å². The fourth-order valence-corrected chi connectivity index (χ4v) is 3.32. The first kappa shape index (κ1) is 14.2. The number of nitrogens with two attached hydrogens (primary N) is 1. The van der Waals surface area contributed by atoms with Gasteiger partial charge in [0.15, 0.2) is 0 Å². The van der Waals surface area contributed by atoms with Crippen molar-refractivity contribution in [1.29, 1.82) is 0 Å². The number of hydrogen-bond acceptors (Lipinski definition) is 1. The lowest BCUT2D eigenvalue weighted by Gasteiger charge is -2.30. The minimum atomic E-state index is -0.548. The molecule has 3 rings (SSSR count). The molecular weight excluding hydrogens is 268 g/mol. The van der Waals surface area contributed by atoms with Crippen LogP contribution in [0.5, 0.6) is 0 Å². The van der Waals surface area contributed by atoms with E-state index in [9.17, 15) is 8.78 Å². The zero-order valence-corrected chi connectivity index (χ0v) is 12.1. The number of halogens is 2. The molecule has 0 bridgehead atoms. The van der Waals surface area contributed by atoms with E-state index in [2.05, 4.69) is 12.1 Å². The summed E-state index contributed by atoms with van der Waals surface area (Å²) in [6.07, 6.45) is 3.04. The molecule has 2 unspecified atom stereocenters. The van der Waals surface area contributed by atoms with Gasteiger partial charge in [0.2, 0.25) is 0 Å². The topological polar surface area (TPSA) is 26.0 Å². The molecule has 1 aliphatic carbocycles. The van der Waals surface area contributed by atoms with Crippen LogP contribution < -0.4 is 5.73 Å². The Morgan fingerprint density at radius 2 is 1.90 bits per heavy atom. The second-order valence-corrected chi connectivity index (χ2v) is 5.85. The van der Waals surface area contributed by atoms with Gasteiger partial charge in [0.25, 0.3) is 0 Å². The standard InChI is InChI=1S/C18H19F2N/c1-11-9-15(17(20)10-16(11)19)18(21)14-8-4-6-12-5-2-3-7-13(12)14/h2-3,5,7,9-10,14,18H,4,6,8,21H2,1H3. The molecule has 0 heterocycles. The van der Waals surface area contributed by atoms with Crippen LogP contribution in [0.4, 0.5) is 8.78 Å². The molecule has 0 fully saturated rings. The maximum atomic E-state index is 14.1. The summed E-state index contributed by atoms with van der Waals surface area (Å²) in [4.78, 5) is 0. The van der Waals surface area contributed by atoms with Gasteiger partial charge < -0.3 is 5.73 Å². The average Bonchev–Trinajstić information content (AvgIpc) is 2.49. The number of benzene rings is 2. The van der Waals surface area contributed by atoms with E-state index in [1.54, 1.807) is 13.0 Å². The lowest BCUT2D eigenvalue weighted by molar-refractivity contribution is 0.455. The Labute approximate surface area is 123 Å². The average molecular weight is 287 g/mol.